The number of halogens is 3. The summed E-state index contributed by atoms with van der Waals surface area (Å²) >= 11 is 0. The number of alkyl halides is 3. The molecule has 7 heteroatoms. The zero-order valence-electron chi connectivity index (χ0n) is 8.36. The van der Waals surface area contributed by atoms with Crippen LogP contribution in [0.25, 0.3) is 10.4 Å². The van der Waals surface area contributed by atoms with Crippen molar-refractivity contribution in [2.45, 2.75) is 6.18 Å². The third kappa shape index (κ3) is 3.63. The van der Waals surface area contributed by atoms with Crippen molar-refractivity contribution in [2.75, 3.05) is 6.54 Å². The fourth-order valence-electron chi connectivity index (χ4n) is 1.02. The van der Waals surface area contributed by atoms with E-state index in [0.29, 0.717) is 6.07 Å². The molecular formula is C10H6F3N3O. The Bertz CT molecular complexity index is 522. The lowest BCUT2D eigenvalue weighted by Gasteiger charge is -2.07. The predicted octanol–water partition coefficient (Wildman–Crippen LogP) is 3.07. The van der Waals surface area contributed by atoms with Gasteiger partial charge in [0.2, 0.25) is 0 Å². The zero-order chi connectivity index (χ0) is 12.9. The Morgan fingerprint density at radius 3 is 2.65 bits per heavy atom. The molecule has 0 radical (unpaired) electrons. The van der Waals surface area contributed by atoms with Crippen LogP contribution in [0.5, 0.6) is 5.75 Å². The van der Waals surface area contributed by atoms with E-state index in [2.05, 4.69) is 21.9 Å². The van der Waals surface area contributed by atoms with Crippen LogP contribution in [-0.4, -0.2) is 11.7 Å². The third-order valence-corrected chi connectivity index (χ3v) is 1.76. The number of phenols is 1. The Kier molecular flexibility index (Phi) is 3.86. The molecule has 0 saturated heterocycles. The average Bonchev–Trinajstić information content (AvgIpc) is 2.24. The highest BCUT2D eigenvalue weighted by molar-refractivity contribution is 5.47. The number of rotatable bonds is 1. The average molecular weight is 241 g/mol. The van der Waals surface area contributed by atoms with E-state index in [-0.39, 0.29) is 12.1 Å². The van der Waals surface area contributed by atoms with Gasteiger partial charge in [0, 0.05) is 4.91 Å². The normalized spacial score (nSPS) is 10.1. The van der Waals surface area contributed by atoms with Crippen molar-refractivity contribution < 1.29 is 18.3 Å². The maximum atomic E-state index is 12.2. The van der Waals surface area contributed by atoms with Gasteiger partial charge in [-0.25, -0.2) is 0 Å². The minimum Gasteiger partial charge on any atom is -0.507 e. The van der Waals surface area contributed by atoms with Gasteiger partial charge in [-0.05, 0) is 23.7 Å². The van der Waals surface area contributed by atoms with E-state index < -0.39 is 17.5 Å². The minimum absolute atomic E-state index is 0.0474. The molecular weight excluding hydrogens is 235 g/mol. The van der Waals surface area contributed by atoms with Crippen molar-refractivity contribution >= 4 is 0 Å². The number of aromatic hydroxyl groups is 1. The van der Waals surface area contributed by atoms with E-state index in [1.165, 1.54) is 0 Å². The maximum Gasteiger partial charge on any atom is 0.416 e. The molecule has 1 aromatic rings. The van der Waals surface area contributed by atoms with Crippen molar-refractivity contribution in [2.24, 2.45) is 5.11 Å². The lowest BCUT2D eigenvalue weighted by Crippen LogP contribution is -2.04. The van der Waals surface area contributed by atoms with E-state index in [9.17, 15) is 18.3 Å². The first-order valence-corrected chi connectivity index (χ1v) is 4.35. The zero-order valence-corrected chi connectivity index (χ0v) is 8.36. The van der Waals surface area contributed by atoms with Crippen LogP contribution in [0, 0.1) is 11.8 Å². The molecule has 0 fully saturated rings. The molecule has 88 valence electrons. The Balaban J connectivity index is 2.97. The fraction of sp³-hybridized carbons (Fsp3) is 0.200. The molecule has 17 heavy (non-hydrogen) atoms. The van der Waals surface area contributed by atoms with Gasteiger partial charge < -0.3 is 5.11 Å². The van der Waals surface area contributed by atoms with Gasteiger partial charge in [0.05, 0.1) is 17.7 Å². The smallest absolute Gasteiger partial charge is 0.416 e. The molecule has 0 unspecified atom stereocenters. The van der Waals surface area contributed by atoms with Crippen molar-refractivity contribution in [3.8, 4) is 17.6 Å². The first-order chi connectivity index (χ1) is 7.95. The Labute approximate surface area is 94.3 Å². The number of benzene rings is 1. The van der Waals surface area contributed by atoms with E-state index in [4.69, 9.17) is 5.53 Å². The van der Waals surface area contributed by atoms with Crippen molar-refractivity contribution in [3.63, 3.8) is 0 Å². The van der Waals surface area contributed by atoms with Gasteiger partial charge in [-0.1, -0.05) is 17.0 Å². The summed E-state index contributed by atoms with van der Waals surface area (Å²) in [5.41, 5.74) is 7.06. The fourth-order valence-corrected chi connectivity index (χ4v) is 1.02. The highest BCUT2D eigenvalue weighted by Crippen LogP contribution is 2.32. The summed E-state index contributed by atoms with van der Waals surface area (Å²) < 4.78 is 36.7. The van der Waals surface area contributed by atoms with Crippen LogP contribution in [0.3, 0.4) is 0 Å². The van der Waals surface area contributed by atoms with Crippen LogP contribution in [0.1, 0.15) is 11.1 Å². The van der Waals surface area contributed by atoms with Gasteiger partial charge in [0.1, 0.15) is 5.75 Å². The lowest BCUT2D eigenvalue weighted by atomic mass is 10.1. The molecule has 0 aliphatic rings. The quantitative estimate of drug-likeness (QED) is 0.349. The van der Waals surface area contributed by atoms with Gasteiger partial charge in [0.25, 0.3) is 0 Å². The van der Waals surface area contributed by atoms with Gasteiger partial charge in [0.15, 0.2) is 0 Å². The summed E-state index contributed by atoms with van der Waals surface area (Å²) in [4.78, 5) is 2.45. The molecule has 1 aromatic carbocycles. The second-order valence-corrected chi connectivity index (χ2v) is 2.92. The van der Waals surface area contributed by atoms with Crippen LogP contribution in [0.4, 0.5) is 13.2 Å². The van der Waals surface area contributed by atoms with E-state index in [1.54, 1.807) is 0 Å². The molecule has 4 nitrogen and oxygen atoms in total. The predicted molar refractivity (Wildman–Crippen MR) is 54.0 cm³/mol. The van der Waals surface area contributed by atoms with Gasteiger partial charge in [-0.2, -0.15) is 13.2 Å². The standard InChI is InChI=1S/C10H6F3N3O/c11-10(12,13)8-4-3-7(9(17)6-8)2-1-5-15-16-14/h3-4,6,17H,5H2. The van der Waals surface area contributed by atoms with Crippen LogP contribution < -0.4 is 0 Å². The molecule has 0 spiro atoms. The Hall–Kier alpha value is -2.32. The molecule has 0 amide bonds. The monoisotopic (exact) mass is 241 g/mol. The first-order valence-electron chi connectivity index (χ1n) is 4.35. The van der Waals surface area contributed by atoms with Gasteiger partial charge >= 0.3 is 6.18 Å². The maximum absolute atomic E-state index is 12.2. The topological polar surface area (TPSA) is 69.0 Å². The SMILES string of the molecule is [N-]=[N+]=NCC#Cc1ccc(C(F)(F)F)cc1O. The Morgan fingerprint density at radius 2 is 2.12 bits per heavy atom. The summed E-state index contributed by atoms with van der Waals surface area (Å²) in [5, 5.41) is 12.4. The van der Waals surface area contributed by atoms with E-state index in [0.717, 1.165) is 12.1 Å². The largest absolute Gasteiger partial charge is 0.507 e. The molecule has 0 saturated carbocycles. The van der Waals surface area contributed by atoms with Crippen LogP contribution in [0.2, 0.25) is 0 Å². The molecule has 0 aromatic heterocycles. The summed E-state index contributed by atoms with van der Waals surface area (Å²) in [6.07, 6.45) is -4.51. The molecule has 0 aliphatic heterocycles. The molecule has 1 rings (SSSR count). The van der Waals surface area contributed by atoms with Crippen LogP contribution in [-0.2, 0) is 6.18 Å². The van der Waals surface area contributed by atoms with Crippen molar-refractivity contribution in [1.29, 1.82) is 0 Å². The number of azide groups is 1. The van der Waals surface area contributed by atoms with Crippen LogP contribution >= 0.6 is 0 Å². The molecule has 0 heterocycles. The summed E-state index contributed by atoms with van der Waals surface area (Å²) in [5.74, 6) is 4.22. The number of phenolic OH excluding ortho intramolecular Hbond substituents is 1. The molecule has 1 N–H and O–H groups in total. The highest BCUT2D eigenvalue weighted by atomic mass is 19.4. The van der Waals surface area contributed by atoms with Gasteiger partial charge in [-0.3, -0.25) is 0 Å². The third-order valence-electron chi connectivity index (χ3n) is 1.76. The second kappa shape index (κ2) is 5.14. The first kappa shape index (κ1) is 12.7. The number of nitrogens with zero attached hydrogens (tertiary/aromatic N) is 3. The number of hydrogen-bond acceptors (Lipinski definition) is 2. The second-order valence-electron chi connectivity index (χ2n) is 2.92. The Morgan fingerprint density at radius 1 is 1.41 bits per heavy atom. The summed E-state index contributed by atoms with van der Waals surface area (Å²) in [7, 11) is 0. The van der Waals surface area contributed by atoms with Crippen molar-refractivity contribution in [1.82, 2.24) is 0 Å². The number of hydrogen-bond donors (Lipinski definition) is 1. The van der Waals surface area contributed by atoms with E-state index >= 15 is 0 Å². The lowest BCUT2D eigenvalue weighted by molar-refractivity contribution is -0.137. The van der Waals surface area contributed by atoms with Crippen molar-refractivity contribution in [3.05, 3.63) is 39.8 Å². The van der Waals surface area contributed by atoms with Crippen LogP contribution in [0.15, 0.2) is 23.3 Å². The molecule has 0 aliphatic carbocycles. The summed E-state index contributed by atoms with van der Waals surface area (Å²) in [6, 6.07) is 2.47. The molecule has 0 atom stereocenters. The van der Waals surface area contributed by atoms with Gasteiger partial charge in [-0.15, -0.1) is 0 Å². The highest BCUT2D eigenvalue weighted by Gasteiger charge is 2.30. The molecule has 0 bridgehead atoms. The summed E-state index contributed by atoms with van der Waals surface area (Å²) in [6.45, 7) is -0.114. The van der Waals surface area contributed by atoms with E-state index in [1.807, 2.05) is 0 Å². The minimum atomic E-state index is -4.51.